The summed E-state index contributed by atoms with van der Waals surface area (Å²) in [5.41, 5.74) is 0.818. The Morgan fingerprint density at radius 1 is 1.52 bits per heavy atom. The number of carbonyl (C=O) groups is 2. The summed E-state index contributed by atoms with van der Waals surface area (Å²) in [6.45, 7) is 6.62. The van der Waals surface area contributed by atoms with Gasteiger partial charge < -0.3 is 14.6 Å². The van der Waals surface area contributed by atoms with Crippen molar-refractivity contribution in [3.05, 3.63) is 18.2 Å². The van der Waals surface area contributed by atoms with E-state index in [9.17, 15) is 14.7 Å². The van der Waals surface area contributed by atoms with Gasteiger partial charge in [-0.05, 0) is 26.7 Å². The molecule has 1 aliphatic heterocycles. The predicted molar refractivity (Wildman–Crippen MR) is 77.7 cm³/mol. The van der Waals surface area contributed by atoms with Crippen molar-refractivity contribution < 1.29 is 14.7 Å². The molecule has 21 heavy (non-hydrogen) atoms. The first-order valence-corrected chi connectivity index (χ1v) is 7.51. The van der Waals surface area contributed by atoms with Gasteiger partial charge in [0, 0.05) is 19.0 Å². The fraction of sp³-hybridized carbons (Fsp3) is 0.667. The van der Waals surface area contributed by atoms with Crippen LogP contribution in [0.1, 0.15) is 57.8 Å². The van der Waals surface area contributed by atoms with Crippen molar-refractivity contribution >= 4 is 11.9 Å². The Morgan fingerprint density at radius 3 is 2.81 bits per heavy atom. The first-order valence-electron chi connectivity index (χ1n) is 7.51. The van der Waals surface area contributed by atoms with E-state index in [-0.39, 0.29) is 11.9 Å². The van der Waals surface area contributed by atoms with Crippen LogP contribution in [0, 0.1) is 5.92 Å². The fourth-order valence-corrected chi connectivity index (χ4v) is 3.06. The molecule has 0 bridgehead atoms. The Balaban J connectivity index is 2.46. The molecular weight excluding hydrogens is 270 g/mol. The molecule has 0 aromatic carbocycles. The Bertz CT molecular complexity index is 524. The summed E-state index contributed by atoms with van der Waals surface area (Å²) in [7, 11) is 0. The van der Waals surface area contributed by atoms with Crippen LogP contribution >= 0.6 is 0 Å². The molecule has 1 fully saturated rings. The van der Waals surface area contributed by atoms with E-state index in [0.717, 1.165) is 12.1 Å². The summed E-state index contributed by atoms with van der Waals surface area (Å²) in [6.07, 6.45) is 4.92. The van der Waals surface area contributed by atoms with Gasteiger partial charge in [0.2, 0.25) is 5.91 Å². The van der Waals surface area contributed by atoms with E-state index in [4.69, 9.17) is 0 Å². The number of hydrogen-bond donors (Lipinski definition) is 1. The molecule has 1 amide bonds. The zero-order valence-corrected chi connectivity index (χ0v) is 12.8. The number of carbonyl (C=O) groups excluding carboxylic acids is 1. The minimum Gasteiger partial charge on any atom is -0.481 e. The molecule has 1 aliphatic rings. The Labute approximate surface area is 124 Å². The highest BCUT2D eigenvalue weighted by Gasteiger charge is 2.41. The highest BCUT2D eigenvalue weighted by atomic mass is 16.4. The second-order valence-corrected chi connectivity index (χ2v) is 5.83. The first kappa shape index (κ1) is 15.5. The highest BCUT2D eigenvalue weighted by Crippen LogP contribution is 2.37. The Kier molecular flexibility index (Phi) is 4.65. The summed E-state index contributed by atoms with van der Waals surface area (Å²) in [6, 6.07) is -0.244. The molecule has 1 aromatic rings. The number of likely N-dealkylation sites (tertiary alicyclic amines) is 1. The van der Waals surface area contributed by atoms with Gasteiger partial charge in [0.05, 0.1) is 30.2 Å². The molecule has 1 saturated heterocycles. The molecule has 0 saturated carbocycles. The molecular formula is C15H23N3O3. The second-order valence-electron chi connectivity index (χ2n) is 5.83. The average Bonchev–Trinajstić information content (AvgIpc) is 2.89. The summed E-state index contributed by atoms with van der Waals surface area (Å²) < 4.78 is 1.96. The second kappa shape index (κ2) is 6.28. The summed E-state index contributed by atoms with van der Waals surface area (Å²) in [4.78, 5) is 29.8. The van der Waals surface area contributed by atoms with Crippen LogP contribution in [0.5, 0.6) is 0 Å². The number of amides is 1. The van der Waals surface area contributed by atoms with Crippen LogP contribution in [0.3, 0.4) is 0 Å². The third kappa shape index (κ3) is 2.94. The van der Waals surface area contributed by atoms with Crippen LogP contribution in [0.4, 0.5) is 0 Å². The van der Waals surface area contributed by atoms with Crippen molar-refractivity contribution in [2.75, 3.05) is 6.54 Å². The molecule has 116 valence electrons. The van der Waals surface area contributed by atoms with E-state index in [2.05, 4.69) is 4.98 Å². The summed E-state index contributed by atoms with van der Waals surface area (Å²) in [5.74, 6) is -1.37. The summed E-state index contributed by atoms with van der Waals surface area (Å²) in [5, 5.41) is 9.54. The van der Waals surface area contributed by atoms with Crippen molar-refractivity contribution in [1.82, 2.24) is 14.5 Å². The minimum absolute atomic E-state index is 0.0378. The van der Waals surface area contributed by atoms with Gasteiger partial charge in [-0.15, -0.1) is 0 Å². The molecule has 0 spiro atoms. The number of hydrogen-bond acceptors (Lipinski definition) is 3. The van der Waals surface area contributed by atoms with E-state index in [1.807, 2.05) is 25.3 Å². The maximum atomic E-state index is 12.2. The molecule has 6 nitrogen and oxygen atoms in total. The monoisotopic (exact) mass is 293 g/mol. The van der Waals surface area contributed by atoms with Crippen LogP contribution in [-0.4, -0.2) is 38.0 Å². The zero-order chi connectivity index (χ0) is 15.6. The number of carboxylic acid groups (broad SMARTS) is 1. The molecule has 1 aromatic heterocycles. The topological polar surface area (TPSA) is 75.4 Å². The number of piperidine rings is 1. The summed E-state index contributed by atoms with van der Waals surface area (Å²) >= 11 is 0. The van der Waals surface area contributed by atoms with E-state index < -0.39 is 17.9 Å². The molecule has 2 atom stereocenters. The minimum atomic E-state index is -0.842. The van der Waals surface area contributed by atoms with Crippen molar-refractivity contribution in [2.24, 2.45) is 5.92 Å². The lowest BCUT2D eigenvalue weighted by molar-refractivity contribution is -0.152. The number of imidazole rings is 1. The number of aromatic nitrogens is 2. The largest absolute Gasteiger partial charge is 0.481 e. The molecule has 6 heteroatoms. The van der Waals surface area contributed by atoms with E-state index in [0.29, 0.717) is 19.4 Å². The van der Waals surface area contributed by atoms with Gasteiger partial charge >= 0.3 is 5.97 Å². The van der Waals surface area contributed by atoms with E-state index in [1.54, 1.807) is 17.4 Å². The third-order valence-corrected chi connectivity index (χ3v) is 4.04. The molecule has 2 unspecified atom stereocenters. The standard InChI is InChI=1S/C15H23N3O3/c1-4-7-17-13(19)6-5-11(15(20)21)14(17)12-8-16-9-18(12)10(2)3/h8-11,14H,4-7H2,1-3H3,(H,20,21). The highest BCUT2D eigenvalue weighted by molar-refractivity contribution is 5.81. The third-order valence-electron chi connectivity index (χ3n) is 4.04. The lowest BCUT2D eigenvalue weighted by Gasteiger charge is -2.40. The van der Waals surface area contributed by atoms with Crippen LogP contribution in [-0.2, 0) is 9.59 Å². The lowest BCUT2D eigenvalue weighted by Crippen LogP contribution is -2.46. The van der Waals surface area contributed by atoms with Crippen molar-refractivity contribution in [1.29, 1.82) is 0 Å². The molecule has 2 rings (SSSR count). The van der Waals surface area contributed by atoms with Gasteiger partial charge in [-0.2, -0.15) is 0 Å². The maximum Gasteiger partial charge on any atom is 0.309 e. The van der Waals surface area contributed by atoms with Crippen LogP contribution < -0.4 is 0 Å². The van der Waals surface area contributed by atoms with Gasteiger partial charge in [0.25, 0.3) is 0 Å². The number of rotatable bonds is 5. The molecule has 0 aliphatic carbocycles. The fourth-order valence-electron chi connectivity index (χ4n) is 3.06. The van der Waals surface area contributed by atoms with Gasteiger partial charge in [-0.25, -0.2) is 4.98 Å². The van der Waals surface area contributed by atoms with Crippen LogP contribution in [0.15, 0.2) is 12.5 Å². The normalized spacial score (nSPS) is 22.9. The van der Waals surface area contributed by atoms with Gasteiger partial charge in [-0.3, -0.25) is 9.59 Å². The Hall–Kier alpha value is -1.85. The molecule has 2 heterocycles. The lowest BCUT2D eigenvalue weighted by atomic mass is 9.86. The van der Waals surface area contributed by atoms with Gasteiger partial charge in [0.15, 0.2) is 0 Å². The predicted octanol–water partition coefficient (Wildman–Crippen LogP) is 2.24. The van der Waals surface area contributed by atoms with Gasteiger partial charge in [0.1, 0.15) is 0 Å². The SMILES string of the molecule is CCCN1C(=O)CCC(C(=O)O)C1c1cncn1C(C)C. The van der Waals surface area contributed by atoms with Gasteiger partial charge in [-0.1, -0.05) is 6.92 Å². The molecule has 1 N–H and O–H groups in total. The molecule has 0 radical (unpaired) electrons. The van der Waals surface area contributed by atoms with Crippen LogP contribution in [0.2, 0.25) is 0 Å². The smallest absolute Gasteiger partial charge is 0.309 e. The quantitative estimate of drug-likeness (QED) is 0.903. The van der Waals surface area contributed by atoms with Crippen molar-refractivity contribution in [3.63, 3.8) is 0 Å². The number of carboxylic acids is 1. The van der Waals surface area contributed by atoms with E-state index in [1.165, 1.54) is 0 Å². The number of aliphatic carboxylic acids is 1. The first-order chi connectivity index (χ1) is 9.97. The maximum absolute atomic E-state index is 12.2. The Morgan fingerprint density at radius 2 is 2.24 bits per heavy atom. The van der Waals surface area contributed by atoms with Crippen molar-refractivity contribution in [2.45, 2.75) is 52.1 Å². The average molecular weight is 293 g/mol. The van der Waals surface area contributed by atoms with Crippen LogP contribution in [0.25, 0.3) is 0 Å². The number of nitrogens with zero attached hydrogens (tertiary/aromatic N) is 3. The van der Waals surface area contributed by atoms with E-state index >= 15 is 0 Å². The zero-order valence-electron chi connectivity index (χ0n) is 12.8. The van der Waals surface area contributed by atoms with Crippen molar-refractivity contribution in [3.8, 4) is 0 Å².